The van der Waals surface area contributed by atoms with Crippen molar-refractivity contribution >= 4 is 28.7 Å². The second-order valence-corrected chi connectivity index (χ2v) is 10.5. The number of imidazole rings is 1. The fourth-order valence-electron chi connectivity index (χ4n) is 6.58. The summed E-state index contributed by atoms with van der Waals surface area (Å²) in [5.41, 5.74) is 9.74. The number of aliphatic hydroxyl groups excluding tert-OH is 1. The molecule has 0 aliphatic carbocycles. The maximum absolute atomic E-state index is 13.5. The van der Waals surface area contributed by atoms with Crippen LogP contribution in [-0.4, -0.2) is 43.7 Å². The van der Waals surface area contributed by atoms with Crippen LogP contribution in [0, 0.1) is 0 Å². The van der Waals surface area contributed by atoms with Gasteiger partial charge in [-0.25, -0.2) is 9.59 Å². The standard InChI is InChI=1S/C28H28ClN5O4/c1-38-24-11-17(6-8-22(24)29)28-10-9-19(34(28)26(30)36)12-20(13-28)33-23-4-2-3-21(25(23)32-27(33)37)16-5-7-18(15-35)31-14-16/h2-8,11,14,19-20,35H,9-10,12-13,15H2,1H3,(H2,30,36)(H,32,37). The first-order valence-corrected chi connectivity index (χ1v) is 13.0. The van der Waals surface area contributed by atoms with E-state index >= 15 is 0 Å². The predicted molar refractivity (Wildman–Crippen MR) is 144 cm³/mol. The topological polar surface area (TPSA) is 126 Å². The third kappa shape index (κ3) is 3.68. The Morgan fingerprint density at radius 3 is 2.82 bits per heavy atom. The van der Waals surface area contributed by atoms with Gasteiger partial charge in [0.25, 0.3) is 0 Å². The van der Waals surface area contributed by atoms with Crippen LogP contribution in [0.1, 0.15) is 43.0 Å². The smallest absolute Gasteiger partial charge is 0.326 e. The number of nitrogens with two attached hydrogens (primary N) is 1. The zero-order valence-electron chi connectivity index (χ0n) is 20.9. The maximum Gasteiger partial charge on any atom is 0.326 e. The third-order valence-corrected chi connectivity index (χ3v) is 8.49. The number of ether oxygens (including phenoxy) is 1. The number of pyridine rings is 1. The average Bonchev–Trinajstić information content (AvgIpc) is 3.39. The zero-order chi connectivity index (χ0) is 26.6. The molecule has 2 aromatic carbocycles. The van der Waals surface area contributed by atoms with Crippen molar-refractivity contribution in [1.82, 2.24) is 19.4 Å². The van der Waals surface area contributed by atoms with Crippen LogP contribution in [-0.2, 0) is 12.1 Å². The molecule has 3 atom stereocenters. The number of aromatic amines is 1. The molecule has 9 nitrogen and oxygen atoms in total. The number of halogens is 1. The molecule has 196 valence electrons. The summed E-state index contributed by atoms with van der Waals surface area (Å²) in [6, 6.07) is 14.3. The quantitative estimate of drug-likeness (QED) is 0.352. The number of H-pyrrole nitrogens is 1. The minimum absolute atomic E-state index is 0.0943. The fraction of sp³-hybridized carbons (Fsp3) is 0.321. The van der Waals surface area contributed by atoms with Gasteiger partial charge in [0.2, 0.25) is 0 Å². The molecular formula is C28H28ClN5O4. The number of carbonyl (C=O) groups is 1. The second-order valence-electron chi connectivity index (χ2n) is 10.1. The minimum Gasteiger partial charge on any atom is -0.495 e. The number of methoxy groups -OCH3 is 1. The Morgan fingerprint density at radius 1 is 1.26 bits per heavy atom. The molecule has 2 aromatic heterocycles. The lowest BCUT2D eigenvalue weighted by molar-refractivity contribution is 0.0610. The first-order valence-electron chi connectivity index (χ1n) is 12.6. The van der Waals surface area contributed by atoms with E-state index < -0.39 is 11.6 Å². The van der Waals surface area contributed by atoms with E-state index in [-0.39, 0.29) is 24.4 Å². The van der Waals surface area contributed by atoms with E-state index in [1.807, 2.05) is 41.0 Å². The van der Waals surface area contributed by atoms with Crippen molar-refractivity contribution in [2.75, 3.05) is 7.11 Å². The van der Waals surface area contributed by atoms with E-state index in [1.165, 1.54) is 0 Å². The summed E-state index contributed by atoms with van der Waals surface area (Å²) in [4.78, 5) is 35.4. The molecule has 0 spiro atoms. The molecule has 4 heterocycles. The normalized spacial score (nSPS) is 22.7. The number of piperidine rings is 1. The molecule has 2 amide bonds. The molecular weight excluding hydrogens is 506 g/mol. The number of hydrogen-bond acceptors (Lipinski definition) is 5. The molecule has 0 saturated carbocycles. The summed E-state index contributed by atoms with van der Waals surface area (Å²) in [5.74, 6) is 0.531. The van der Waals surface area contributed by atoms with Gasteiger partial charge in [-0.15, -0.1) is 0 Å². The lowest BCUT2D eigenvalue weighted by atomic mass is 9.79. The maximum atomic E-state index is 13.5. The number of hydrogen-bond donors (Lipinski definition) is 3. The first-order chi connectivity index (χ1) is 18.4. The van der Waals surface area contributed by atoms with Crippen molar-refractivity contribution in [3.63, 3.8) is 0 Å². The molecule has 2 aliphatic heterocycles. The van der Waals surface area contributed by atoms with Crippen molar-refractivity contribution in [2.45, 2.75) is 49.9 Å². The summed E-state index contributed by atoms with van der Waals surface area (Å²) in [6.45, 7) is -0.135. The number of benzene rings is 2. The van der Waals surface area contributed by atoms with Gasteiger partial charge in [-0.2, -0.15) is 0 Å². The third-order valence-electron chi connectivity index (χ3n) is 8.18. The highest BCUT2D eigenvalue weighted by Crippen LogP contribution is 2.54. The number of urea groups is 1. The number of aliphatic hydroxyl groups is 1. The molecule has 6 rings (SSSR count). The molecule has 2 fully saturated rings. The molecule has 2 saturated heterocycles. The van der Waals surface area contributed by atoms with Crippen LogP contribution >= 0.6 is 11.6 Å². The molecule has 10 heteroatoms. The number of rotatable bonds is 5. The molecule has 4 aromatic rings. The summed E-state index contributed by atoms with van der Waals surface area (Å²) in [6.07, 6.45) is 4.37. The Kier molecular flexibility index (Phi) is 5.92. The lowest BCUT2D eigenvalue weighted by Crippen LogP contribution is -2.56. The van der Waals surface area contributed by atoms with Crippen LogP contribution in [0.15, 0.2) is 59.5 Å². The first kappa shape index (κ1) is 24.5. The van der Waals surface area contributed by atoms with Crippen LogP contribution in [0.4, 0.5) is 4.79 Å². The van der Waals surface area contributed by atoms with Gasteiger partial charge in [-0.05, 0) is 55.5 Å². The number of fused-ring (bicyclic) bond motifs is 3. The van der Waals surface area contributed by atoms with Crippen molar-refractivity contribution in [3.8, 4) is 16.9 Å². The highest BCUT2D eigenvalue weighted by atomic mass is 35.5. The van der Waals surface area contributed by atoms with Gasteiger partial charge in [0.15, 0.2) is 0 Å². The molecule has 4 N–H and O–H groups in total. The van der Waals surface area contributed by atoms with Gasteiger partial charge in [0, 0.05) is 29.4 Å². The Labute approximate surface area is 223 Å². The Hall–Kier alpha value is -3.82. The van der Waals surface area contributed by atoms with Crippen LogP contribution in [0.5, 0.6) is 5.75 Å². The van der Waals surface area contributed by atoms with Crippen molar-refractivity contribution < 1.29 is 14.6 Å². The number of aromatic nitrogens is 3. The lowest BCUT2D eigenvalue weighted by Gasteiger charge is -2.47. The monoisotopic (exact) mass is 533 g/mol. The molecule has 3 unspecified atom stereocenters. The van der Waals surface area contributed by atoms with Crippen LogP contribution in [0.2, 0.25) is 5.02 Å². The SMILES string of the molecule is COc1cc(C23CCC(CC(n4c(=O)[nH]c5c(-c6ccc(CO)nc6)cccc54)C2)N3C(N)=O)ccc1Cl. The average molecular weight is 534 g/mol. The zero-order valence-corrected chi connectivity index (χ0v) is 21.6. The number of amides is 2. The van der Waals surface area contributed by atoms with E-state index in [4.69, 9.17) is 22.1 Å². The predicted octanol–water partition coefficient (Wildman–Crippen LogP) is 4.32. The Morgan fingerprint density at radius 2 is 2.11 bits per heavy atom. The van der Waals surface area contributed by atoms with Gasteiger partial charge in [-0.1, -0.05) is 35.9 Å². The van der Waals surface area contributed by atoms with Gasteiger partial charge >= 0.3 is 11.7 Å². The van der Waals surface area contributed by atoms with E-state index in [1.54, 1.807) is 30.3 Å². The van der Waals surface area contributed by atoms with E-state index in [0.717, 1.165) is 40.6 Å². The summed E-state index contributed by atoms with van der Waals surface area (Å²) in [7, 11) is 1.56. The van der Waals surface area contributed by atoms with Gasteiger partial charge in [-0.3, -0.25) is 9.55 Å². The highest BCUT2D eigenvalue weighted by Gasteiger charge is 2.55. The van der Waals surface area contributed by atoms with Gasteiger partial charge in [0.1, 0.15) is 5.75 Å². The molecule has 0 radical (unpaired) electrons. The van der Waals surface area contributed by atoms with Crippen LogP contribution in [0.3, 0.4) is 0 Å². The van der Waals surface area contributed by atoms with Gasteiger partial charge in [0.05, 0.1) is 41.0 Å². The van der Waals surface area contributed by atoms with E-state index in [0.29, 0.717) is 29.3 Å². The van der Waals surface area contributed by atoms with Crippen molar-refractivity contribution in [3.05, 3.63) is 81.5 Å². The Bertz CT molecular complexity index is 1600. The molecule has 2 bridgehead atoms. The second kappa shape index (κ2) is 9.18. The van der Waals surface area contributed by atoms with Crippen LogP contribution < -0.4 is 16.2 Å². The Balaban J connectivity index is 1.46. The summed E-state index contributed by atoms with van der Waals surface area (Å²) in [5, 5.41) is 9.83. The van der Waals surface area contributed by atoms with E-state index in [2.05, 4.69) is 9.97 Å². The molecule has 2 aliphatic rings. The minimum atomic E-state index is -0.679. The number of carbonyl (C=O) groups excluding carboxylic acids is 1. The highest BCUT2D eigenvalue weighted by molar-refractivity contribution is 6.32. The molecule has 38 heavy (non-hydrogen) atoms. The largest absolute Gasteiger partial charge is 0.495 e. The number of para-hydroxylation sites is 1. The van der Waals surface area contributed by atoms with Gasteiger partial charge < -0.3 is 25.5 Å². The number of nitrogens with zero attached hydrogens (tertiary/aromatic N) is 3. The fourth-order valence-corrected chi connectivity index (χ4v) is 6.78. The van der Waals surface area contributed by atoms with Crippen LogP contribution in [0.25, 0.3) is 22.2 Å². The van der Waals surface area contributed by atoms with E-state index in [9.17, 15) is 14.7 Å². The van der Waals surface area contributed by atoms with Crippen molar-refractivity contribution in [2.24, 2.45) is 5.73 Å². The number of nitrogens with one attached hydrogen (secondary N) is 1. The van der Waals surface area contributed by atoms with Crippen molar-refractivity contribution in [1.29, 1.82) is 0 Å². The summed E-state index contributed by atoms with van der Waals surface area (Å²) >= 11 is 6.31. The summed E-state index contributed by atoms with van der Waals surface area (Å²) < 4.78 is 7.30. The number of primary amides is 1.